The minimum Gasteiger partial charge on any atom is -0.494 e. The monoisotopic (exact) mass is 300 g/mol. The molecule has 1 aromatic heterocycles. The Bertz CT molecular complexity index is 851. The molecule has 0 saturated carbocycles. The molecule has 4 heteroatoms. The quantitative estimate of drug-likeness (QED) is 0.677. The Balaban J connectivity index is 2.32. The van der Waals surface area contributed by atoms with E-state index in [1.54, 1.807) is 11.3 Å². The van der Waals surface area contributed by atoms with Gasteiger partial charge >= 0.3 is 0 Å². The molecule has 0 radical (unpaired) electrons. The zero-order valence-electron chi connectivity index (χ0n) is 12.0. The van der Waals surface area contributed by atoms with Crippen LogP contribution in [-0.2, 0) is 0 Å². The summed E-state index contributed by atoms with van der Waals surface area (Å²) in [4.78, 5) is 12.7. The van der Waals surface area contributed by atoms with Crippen LogP contribution in [0.15, 0.2) is 41.2 Å². The van der Waals surface area contributed by atoms with Crippen molar-refractivity contribution in [2.75, 3.05) is 13.2 Å². The van der Waals surface area contributed by atoms with Crippen molar-refractivity contribution < 1.29 is 9.47 Å². The summed E-state index contributed by atoms with van der Waals surface area (Å²) in [5.74, 6) is 1.45. The predicted molar refractivity (Wildman–Crippen MR) is 87.9 cm³/mol. The van der Waals surface area contributed by atoms with Crippen molar-refractivity contribution >= 4 is 31.5 Å². The molecule has 3 aromatic rings. The van der Waals surface area contributed by atoms with Crippen molar-refractivity contribution in [1.82, 2.24) is 0 Å². The zero-order chi connectivity index (χ0) is 14.8. The molecule has 0 spiro atoms. The second-order valence-electron chi connectivity index (χ2n) is 4.58. The number of fused-ring (bicyclic) bond motifs is 2. The van der Waals surface area contributed by atoms with Gasteiger partial charge in [-0.2, -0.15) is 0 Å². The third kappa shape index (κ3) is 2.47. The molecule has 3 rings (SSSR count). The molecule has 0 unspecified atom stereocenters. The van der Waals surface area contributed by atoms with Gasteiger partial charge in [-0.25, -0.2) is 0 Å². The molecule has 0 N–H and O–H groups in total. The highest BCUT2D eigenvalue weighted by molar-refractivity contribution is 7.24. The lowest BCUT2D eigenvalue weighted by atomic mass is 10.1. The second-order valence-corrected chi connectivity index (χ2v) is 5.67. The minimum atomic E-state index is 0.0193. The summed E-state index contributed by atoms with van der Waals surface area (Å²) in [6.45, 7) is 5.02. The van der Waals surface area contributed by atoms with Gasteiger partial charge in [-0.3, -0.25) is 4.79 Å². The maximum atomic E-state index is 12.7. The highest BCUT2D eigenvalue weighted by atomic mass is 32.1. The number of rotatable bonds is 4. The van der Waals surface area contributed by atoms with E-state index in [1.165, 1.54) is 0 Å². The summed E-state index contributed by atoms with van der Waals surface area (Å²) >= 11 is 1.59. The maximum Gasteiger partial charge on any atom is 0.199 e. The van der Waals surface area contributed by atoms with Gasteiger partial charge in [0.2, 0.25) is 0 Å². The van der Waals surface area contributed by atoms with E-state index in [9.17, 15) is 4.79 Å². The van der Waals surface area contributed by atoms with E-state index < -0.39 is 0 Å². The molecular formula is C17H16O3S. The van der Waals surface area contributed by atoms with E-state index in [0.29, 0.717) is 29.7 Å². The summed E-state index contributed by atoms with van der Waals surface area (Å²) in [5, 5.41) is 1.38. The fourth-order valence-electron chi connectivity index (χ4n) is 2.38. The Hall–Kier alpha value is -2.07. The van der Waals surface area contributed by atoms with E-state index in [4.69, 9.17) is 9.47 Å². The molecule has 0 fully saturated rings. The van der Waals surface area contributed by atoms with Gasteiger partial charge in [0.25, 0.3) is 0 Å². The Kier molecular flexibility index (Phi) is 3.80. The van der Waals surface area contributed by atoms with Gasteiger partial charge in [-0.1, -0.05) is 6.07 Å². The third-order valence-electron chi connectivity index (χ3n) is 3.24. The van der Waals surface area contributed by atoms with Crippen LogP contribution >= 0.6 is 11.3 Å². The topological polar surface area (TPSA) is 35.5 Å². The molecule has 1 heterocycles. The van der Waals surface area contributed by atoms with Crippen molar-refractivity contribution in [3.05, 3.63) is 46.6 Å². The van der Waals surface area contributed by atoms with Crippen molar-refractivity contribution in [2.24, 2.45) is 0 Å². The van der Waals surface area contributed by atoms with Crippen LogP contribution in [0.5, 0.6) is 11.5 Å². The first kappa shape index (κ1) is 13.9. The molecule has 108 valence electrons. The standard InChI is InChI=1S/C17H16O3S/c1-3-19-11-8-9-12-15(10-11)21-14-7-5-6-13(20-4-2)16(14)17(12)18/h5-10H,3-4H2,1-2H3. The van der Waals surface area contributed by atoms with Crippen LogP contribution in [-0.4, -0.2) is 13.2 Å². The summed E-state index contributed by atoms with van der Waals surface area (Å²) in [6.07, 6.45) is 0. The van der Waals surface area contributed by atoms with Crippen LogP contribution in [0.3, 0.4) is 0 Å². The Morgan fingerprint density at radius 3 is 2.57 bits per heavy atom. The largest absolute Gasteiger partial charge is 0.494 e. The van der Waals surface area contributed by atoms with Crippen LogP contribution < -0.4 is 14.9 Å². The smallest absolute Gasteiger partial charge is 0.199 e. The van der Waals surface area contributed by atoms with E-state index >= 15 is 0 Å². The van der Waals surface area contributed by atoms with Crippen molar-refractivity contribution in [3.63, 3.8) is 0 Å². The van der Waals surface area contributed by atoms with Gasteiger partial charge < -0.3 is 9.47 Å². The van der Waals surface area contributed by atoms with E-state index in [0.717, 1.165) is 15.1 Å². The fraction of sp³-hybridized carbons (Fsp3) is 0.235. The van der Waals surface area contributed by atoms with Crippen LogP contribution in [0, 0.1) is 0 Å². The molecular weight excluding hydrogens is 284 g/mol. The number of benzene rings is 2. The average molecular weight is 300 g/mol. The number of ether oxygens (including phenoxy) is 2. The summed E-state index contributed by atoms with van der Waals surface area (Å²) in [7, 11) is 0. The molecule has 0 aliphatic carbocycles. The second kappa shape index (κ2) is 5.74. The fourth-order valence-corrected chi connectivity index (χ4v) is 3.50. The molecule has 0 atom stereocenters. The summed E-state index contributed by atoms with van der Waals surface area (Å²) < 4.78 is 13.0. The van der Waals surface area contributed by atoms with E-state index in [2.05, 4.69) is 0 Å². The predicted octanol–water partition coefficient (Wildman–Crippen LogP) is 4.21. The molecule has 21 heavy (non-hydrogen) atoms. The molecule has 0 amide bonds. The Morgan fingerprint density at radius 1 is 1.00 bits per heavy atom. The summed E-state index contributed by atoms with van der Waals surface area (Å²) in [6, 6.07) is 11.3. The Morgan fingerprint density at radius 2 is 1.81 bits per heavy atom. The van der Waals surface area contributed by atoms with E-state index in [1.807, 2.05) is 50.2 Å². The first-order valence-electron chi connectivity index (χ1n) is 6.99. The van der Waals surface area contributed by atoms with Gasteiger partial charge in [-0.15, -0.1) is 11.3 Å². The maximum absolute atomic E-state index is 12.7. The molecule has 0 aliphatic heterocycles. The van der Waals surface area contributed by atoms with E-state index in [-0.39, 0.29) is 5.43 Å². The highest BCUT2D eigenvalue weighted by Crippen LogP contribution is 2.31. The lowest BCUT2D eigenvalue weighted by Crippen LogP contribution is -2.04. The van der Waals surface area contributed by atoms with Gasteiger partial charge in [0.15, 0.2) is 5.43 Å². The molecule has 0 aliphatic rings. The average Bonchev–Trinajstić information content (AvgIpc) is 2.48. The first-order chi connectivity index (χ1) is 10.2. The highest BCUT2D eigenvalue weighted by Gasteiger charge is 2.11. The third-order valence-corrected chi connectivity index (χ3v) is 4.36. The summed E-state index contributed by atoms with van der Waals surface area (Å²) in [5.41, 5.74) is 0.0193. The van der Waals surface area contributed by atoms with Crippen molar-refractivity contribution in [3.8, 4) is 11.5 Å². The zero-order valence-corrected chi connectivity index (χ0v) is 12.8. The SMILES string of the molecule is CCOc1ccc2c(=O)c3c(OCC)cccc3sc2c1. The van der Waals surface area contributed by atoms with Crippen LogP contribution in [0.1, 0.15) is 13.8 Å². The molecule has 0 saturated heterocycles. The van der Waals surface area contributed by atoms with Gasteiger partial charge in [0.05, 0.1) is 18.6 Å². The Labute approximate surface area is 126 Å². The normalized spacial score (nSPS) is 11.0. The lowest BCUT2D eigenvalue weighted by molar-refractivity contribution is 0.341. The molecule has 3 nitrogen and oxygen atoms in total. The van der Waals surface area contributed by atoms with Crippen molar-refractivity contribution in [1.29, 1.82) is 0 Å². The first-order valence-corrected chi connectivity index (χ1v) is 7.81. The van der Waals surface area contributed by atoms with Gasteiger partial charge in [-0.05, 0) is 44.2 Å². The van der Waals surface area contributed by atoms with Gasteiger partial charge in [0.1, 0.15) is 11.5 Å². The molecule has 2 aromatic carbocycles. The van der Waals surface area contributed by atoms with Crippen LogP contribution in [0.25, 0.3) is 20.2 Å². The molecule has 0 bridgehead atoms. The van der Waals surface area contributed by atoms with Crippen LogP contribution in [0.2, 0.25) is 0 Å². The number of hydrogen-bond acceptors (Lipinski definition) is 4. The van der Waals surface area contributed by atoms with Gasteiger partial charge in [0, 0.05) is 14.8 Å². The van der Waals surface area contributed by atoms with Crippen LogP contribution in [0.4, 0.5) is 0 Å². The lowest BCUT2D eigenvalue weighted by Gasteiger charge is -2.08. The minimum absolute atomic E-state index is 0.0193. The van der Waals surface area contributed by atoms with Crippen molar-refractivity contribution in [2.45, 2.75) is 13.8 Å². The number of hydrogen-bond donors (Lipinski definition) is 0.